The molecule has 0 aliphatic rings. The van der Waals surface area contributed by atoms with Crippen LogP contribution >= 0.6 is 0 Å². The summed E-state index contributed by atoms with van der Waals surface area (Å²) in [6, 6.07) is 10.1. The number of rotatable bonds is 5. The molecular formula is C13H20N2O. The number of carbonyl (C=O) groups excluding carboxylic acids is 1. The maximum atomic E-state index is 11.9. The minimum absolute atomic E-state index is 0.160. The van der Waals surface area contributed by atoms with Crippen molar-refractivity contribution in [3.8, 4) is 0 Å². The van der Waals surface area contributed by atoms with Crippen molar-refractivity contribution in [3.05, 3.63) is 30.3 Å². The summed E-state index contributed by atoms with van der Waals surface area (Å²) in [4.78, 5) is 13.7. The lowest BCUT2D eigenvalue weighted by molar-refractivity contribution is -0.118. The summed E-state index contributed by atoms with van der Waals surface area (Å²) in [7, 11) is 1.91. The second kappa shape index (κ2) is 6.28. The fourth-order valence-corrected chi connectivity index (χ4v) is 1.52. The van der Waals surface area contributed by atoms with Crippen molar-refractivity contribution in [1.82, 2.24) is 5.32 Å². The minimum atomic E-state index is 0.160. The van der Waals surface area contributed by atoms with Gasteiger partial charge in [0.15, 0.2) is 0 Å². The Kier molecular flexibility index (Phi) is 4.99. The van der Waals surface area contributed by atoms with Crippen LogP contribution in [-0.4, -0.2) is 25.5 Å². The van der Waals surface area contributed by atoms with Crippen LogP contribution in [0, 0.1) is 0 Å². The van der Waals surface area contributed by atoms with E-state index in [9.17, 15) is 4.79 Å². The van der Waals surface area contributed by atoms with E-state index in [4.69, 9.17) is 0 Å². The molecule has 1 aromatic rings. The summed E-state index contributed by atoms with van der Waals surface area (Å²) in [6.07, 6.45) is 0.533. The summed E-state index contributed by atoms with van der Waals surface area (Å²) in [5.74, 6) is 0.160. The van der Waals surface area contributed by atoms with Gasteiger partial charge in [0, 0.05) is 24.7 Å². The molecule has 1 rings (SSSR count). The molecule has 1 aromatic carbocycles. The van der Waals surface area contributed by atoms with Crippen LogP contribution in [0.3, 0.4) is 0 Å². The first kappa shape index (κ1) is 12.7. The third kappa shape index (κ3) is 3.35. The van der Waals surface area contributed by atoms with E-state index >= 15 is 0 Å². The molecule has 0 aromatic heterocycles. The van der Waals surface area contributed by atoms with Crippen molar-refractivity contribution in [2.24, 2.45) is 0 Å². The van der Waals surface area contributed by atoms with E-state index in [2.05, 4.69) is 12.2 Å². The second-order valence-corrected chi connectivity index (χ2v) is 3.88. The van der Waals surface area contributed by atoms with E-state index in [1.807, 2.05) is 49.2 Å². The highest BCUT2D eigenvalue weighted by molar-refractivity contribution is 5.93. The van der Waals surface area contributed by atoms with E-state index in [0.29, 0.717) is 13.0 Å². The molecule has 1 amide bonds. The molecule has 0 radical (unpaired) electrons. The van der Waals surface area contributed by atoms with Gasteiger partial charge in [-0.25, -0.2) is 0 Å². The van der Waals surface area contributed by atoms with Gasteiger partial charge in [-0.05, 0) is 26.1 Å². The zero-order chi connectivity index (χ0) is 12.0. The lowest BCUT2D eigenvalue weighted by Crippen LogP contribution is -2.41. The minimum Gasteiger partial charge on any atom is -0.315 e. The third-order valence-corrected chi connectivity index (χ3v) is 2.62. The third-order valence-electron chi connectivity index (χ3n) is 2.62. The maximum Gasteiger partial charge on any atom is 0.226 e. The van der Waals surface area contributed by atoms with Crippen molar-refractivity contribution < 1.29 is 4.79 Å². The van der Waals surface area contributed by atoms with Gasteiger partial charge in [0.25, 0.3) is 0 Å². The highest BCUT2D eigenvalue weighted by atomic mass is 16.2. The van der Waals surface area contributed by atoms with Gasteiger partial charge in [-0.15, -0.1) is 0 Å². The number of nitrogens with zero attached hydrogens (tertiary/aromatic N) is 1. The zero-order valence-corrected chi connectivity index (χ0v) is 10.2. The van der Waals surface area contributed by atoms with Crippen LogP contribution in [0.1, 0.15) is 20.3 Å². The van der Waals surface area contributed by atoms with E-state index in [1.54, 1.807) is 0 Å². The second-order valence-electron chi connectivity index (χ2n) is 3.88. The number of para-hydroxylation sites is 1. The van der Waals surface area contributed by atoms with Gasteiger partial charge in [-0.1, -0.05) is 25.1 Å². The summed E-state index contributed by atoms with van der Waals surface area (Å²) in [6.45, 7) is 4.66. The Hall–Kier alpha value is -1.35. The molecule has 3 heteroatoms. The topological polar surface area (TPSA) is 32.3 Å². The number of hydrogen-bond donors (Lipinski definition) is 1. The Morgan fingerprint density at radius 2 is 2.00 bits per heavy atom. The zero-order valence-electron chi connectivity index (χ0n) is 10.2. The Labute approximate surface area is 97.5 Å². The molecule has 0 spiro atoms. The van der Waals surface area contributed by atoms with Crippen LogP contribution in [0.5, 0.6) is 0 Å². The molecule has 3 nitrogen and oxygen atoms in total. The molecule has 1 atom stereocenters. The first-order chi connectivity index (χ1) is 7.69. The number of hydrogen-bond acceptors (Lipinski definition) is 2. The summed E-state index contributed by atoms with van der Waals surface area (Å²) in [5.41, 5.74) is 0.969. The normalized spacial score (nSPS) is 12.2. The van der Waals surface area contributed by atoms with Crippen molar-refractivity contribution in [2.75, 3.05) is 18.5 Å². The smallest absolute Gasteiger partial charge is 0.226 e. The van der Waals surface area contributed by atoms with E-state index in [-0.39, 0.29) is 11.9 Å². The van der Waals surface area contributed by atoms with Crippen molar-refractivity contribution in [2.45, 2.75) is 26.3 Å². The summed E-state index contributed by atoms with van der Waals surface area (Å²) in [5, 5.41) is 3.15. The SMILES string of the molecule is CCC(=O)N(C[C@H](C)NC)c1ccccc1. The first-order valence-corrected chi connectivity index (χ1v) is 5.71. The van der Waals surface area contributed by atoms with Gasteiger partial charge in [0.05, 0.1) is 0 Å². The number of carbonyl (C=O) groups is 1. The predicted octanol–water partition coefficient (Wildman–Crippen LogP) is 2.04. The molecular weight excluding hydrogens is 200 g/mol. The Bertz CT molecular complexity index is 324. The molecule has 0 aliphatic carbocycles. The van der Waals surface area contributed by atoms with Crippen LogP contribution in [0.4, 0.5) is 5.69 Å². The molecule has 0 bridgehead atoms. The maximum absolute atomic E-state index is 11.9. The van der Waals surface area contributed by atoms with Crippen LogP contribution in [0.25, 0.3) is 0 Å². The van der Waals surface area contributed by atoms with Gasteiger partial charge in [0.1, 0.15) is 0 Å². The summed E-state index contributed by atoms with van der Waals surface area (Å²) < 4.78 is 0. The molecule has 16 heavy (non-hydrogen) atoms. The van der Waals surface area contributed by atoms with E-state index in [1.165, 1.54) is 0 Å². The van der Waals surface area contributed by atoms with Crippen LogP contribution in [0.2, 0.25) is 0 Å². The number of nitrogens with one attached hydrogen (secondary N) is 1. The summed E-state index contributed by atoms with van der Waals surface area (Å²) >= 11 is 0. The van der Waals surface area contributed by atoms with Crippen molar-refractivity contribution in [1.29, 1.82) is 0 Å². The lowest BCUT2D eigenvalue weighted by Gasteiger charge is -2.25. The molecule has 0 saturated heterocycles. The van der Waals surface area contributed by atoms with E-state index < -0.39 is 0 Å². The molecule has 0 heterocycles. The molecule has 0 saturated carbocycles. The molecule has 0 fully saturated rings. The quantitative estimate of drug-likeness (QED) is 0.823. The van der Waals surface area contributed by atoms with Gasteiger partial charge in [-0.2, -0.15) is 0 Å². The van der Waals surface area contributed by atoms with Gasteiger partial charge in [0.2, 0.25) is 5.91 Å². The molecule has 1 N–H and O–H groups in total. The average Bonchev–Trinajstić information content (AvgIpc) is 2.35. The van der Waals surface area contributed by atoms with Crippen molar-refractivity contribution >= 4 is 11.6 Å². The van der Waals surface area contributed by atoms with Gasteiger partial charge >= 0.3 is 0 Å². The standard InChI is InChI=1S/C13H20N2O/c1-4-13(16)15(10-11(2)14-3)12-8-6-5-7-9-12/h5-9,11,14H,4,10H2,1-3H3/t11-/m0/s1. The van der Waals surface area contributed by atoms with Crippen LogP contribution in [-0.2, 0) is 4.79 Å². The number of benzene rings is 1. The fourth-order valence-electron chi connectivity index (χ4n) is 1.52. The number of anilines is 1. The highest BCUT2D eigenvalue weighted by Gasteiger charge is 2.15. The molecule has 0 unspecified atom stereocenters. The monoisotopic (exact) mass is 220 g/mol. The van der Waals surface area contributed by atoms with Gasteiger partial charge < -0.3 is 10.2 Å². The molecule has 88 valence electrons. The number of amides is 1. The lowest BCUT2D eigenvalue weighted by atomic mass is 10.2. The Morgan fingerprint density at radius 3 is 2.50 bits per heavy atom. The van der Waals surface area contributed by atoms with Gasteiger partial charge in [-0.3, -0.25) is 4.79 Å². The van der Waals surface area contributed by atoms with Crippen LogP contribution in [0.15, 0.2) is 30.3 Å². The van der Waals surface area contributed by atoms with E-state index in [0.717, 1.165) is 5.69 Å². The van der Waals surface area contributed by atoms with Crippen molar-refractivity contribution in [3.63, 3.8) is 0 Å². The molecule has 0 aliphatic heterocycles. The fraction of sp³-hybridized carbons (Fsp3) is 0.462. The largest absolute Gasteiger partial charge is 0.315 e. The Morgan fingerprint density at radius 1 is 1.38 bits per heavy atom. The first-order valence-electron chi connectivity index (χ1n) is 5.71. The number of likely N-dealkylation sites (N-methyl/N-ethyl adjacent to an activating group) is 1. The predicted molar refractivity (Wildman–Crippen MR) is 67.6 cm³/mol. The Balaban J connectivity index is 2.84. The van der Waals surface area contributed by atoms with Crippen LogP contribution < -0.4 is 10.2 Å². The average molecular weight is 220 g/mol. The highest BCUT2D eigenvalue weighted by Crippen LogP contribution is 2.14.